The Kier molecular flexibility index (Phi) is 3.71. The zero-order valence-electron chi connectivity index (χ0n) is 11.3. The van der Waals surface area contributed by atoms with Crippen LogP contribution in [0.4, 0.5) is 11.4 Å². The number of non-ortho nitro benzene ring substituents is 1. The summed E-state index contributed by atoms with van der Waals surface area (Å²) in [6.45, 7) is 0. The van der Waals surface area contributed by atoms with Crippen molar-refractivity contribution in [3.8, 4) is 0 Å². The van der Waals surface area contributed by atoms with Crippen LogP contribution in [0.1, 0.15) is 19.3 Å². The molecular formula is C14H16BrN3O3. The number of carbonyl (C=O) groups is 1. The smallest absolute Gasteiger partial charge is 0.270 e. The van der Waals surface area contributed by atoms with Gasteiger partial charge in [-0.15, -0.1) is 0 Å². The molecule has 1 aromatic rings. The monoisotopic (exact) mass is 353 g/mol. The molecule has 0 aliphatic heterocycles. The van der Waals surface area contributed by atoms with Gasteiger partial charge < -0.3 is 11.1 Å². The number of nitrogens with zero attached hydrogens (tertiary/aromatic N) is 1. The lowest BCUT2D eigenvalue weighted by Gasteiger charge is -2.27. The third-order valence-electron chi connectivity index (χ3n) is 4.70. The lowest BCUT2D eigenvalue weighted by molar-refractivity contribution is -0.384. The van der Waals surface area contributed by atoms with Crippen molar-refractivity contribution in [3.05, 3.63) is 32.8 Å². The van der Waals surface area contributed by atoms with Gasteiger partial charge in [0.25, 0.3) is 5.69 Å². The molecule has 7 heteroatoms. The highest BCUT2D eigenvalue weighted by molar-refractivity contribution is 9.10. The number of hydrogen-bond donors (Lipinski definition) is 2. The van der Waals surface area contributed by atoms with Crippen LogP contribution in [0.25, 0.3) is 0 Å². The van der Waals surface area contributed by atoms with Crippen molar-refractivity contribution in [2.75, 3.05) is 5.32 Å². The van der Waals surface area contributed by atoms with Crippen LogP contribution in [0.2, 0.25) is 0 Å². The average molecular weight is 354 g/mol. The highest BCUT2D eigenvalue weighted by Crippen LogP contribution is 2.48. The number of nitrogens with one attached hydrogen (secondary N) is 1. The molecule has 4 unspecified atom stereocenters. The van der Waals surface area contributed by atoms with Gasteiger partial charge in [0.2, 0.25) is 5.91 Å². The molecule has 2 saturated carbocycles. The Balaban J connectivity index is 1.75. The Hall–Kier alpha value is -1.47. The second-order valence-corrected chi connectivity index (χ2v) is 6.70. The number of halogens is 1. The highest BCUT2D eigenvalue weighted by atomic mass is 79.9. The zero-order chi connectivity index (χ0) is 15.1. The number of nitro groups is 1. The molecule has 1 aromatic carbocycles. The summed E-state index contributed by atoms with van der Waals surface area (Å²) in [6, 6.07) is 4.23. The Morgan fingerprint density at radius 1 is 1.38 bits per heavy atom. The van der Waals surface area contributed by atoms with Gasteiger partial charge in [0, 0.05) is 22.6 Å². The molecule has 2 fully saturated rings. The molecule has 0 heterocycles. The average Bonchev–Trinajstić information content (AvgIpc) is 3.01. The molecule has 112 valence electrons. The Morgan fingerprint density at radius 3 is 2.67 bits per heavy atom. The lowest BCUT2D eigenvalue weighted by Crippen LogP contribution is -2.42. The fraction of sp³-hybridized carbons (Fsp3) is 0.500. The summed E-state index contributed by atoms with van der Waals surface area (Å²) in [5, 5.41) is 13.6. The van der Waals surface area contributed by atoms with E-state index in [4.69, 9.17) is 5.73 Å². The second-order valence-electron chi connectivity index (χ2n) is 5.85. The number of rotatable bonds is 3. The van der Waals surface area contributed by atoms with Crippen LogP contribution in [-0.4, -0.2) is 16.9 Å². The first-order valence-electron chi connectivity index (χ1n) is 6.97. The minimum Gasteiger partial charge on any atom is -0.327 e. The van der Waals surface area contributed by atoms with Gasteiger partial charge in [0.15, 0.2) is 0 Å². The molecular weight excluding hydrogens is 338 g/mol. The summed E-state index contributed by atoms with van der Waals surface area (Å²) in [5.41, 5.74) is 6.68. The maximum atomic E-state index is 12.4. The minimum atomic E-state index is -0.470. The van der Waals surface area contributed by atoms with E-state index in [-0.39, 0.29) is 23.6 Å². The first-order chi connectivity index (χ1) is 9.97. The number of amides is 1. The molecule has 0 spiro atoms. The molecule has 2 aliphatic carbocycles. The van der Waals surface area contributed by atoms with Gasteiger partial charge in [0.1, 0.15) is 0 Å². The Labute approximate surface area is 130 Å². The van der Waals surface area contributed by atoms with Gasteiger partial charge >= 0.3 is 0 Å². The summed E-state index contributed by atoms with van der Waals surface area (Å²) >= 11 is 3.26. The van der Waals surface area contributed by atoms with Gasteiger partial charge in [-0.25, -0.2) is 0 Å². The van der Waals surface area contributed by atoms with Crippen molar-refractivity contribution in [1.29, 1.82) is 0 Å². The van der Waals surface area contributed by atoms with Crippen LogP contribution in [0.15, 0.2) is 22.7 Å². The summed E-state index contributed by atoms with van der Waals surface area (Å²) in [4.78, 5) is 22.7. The van der Waals surface area contributed by atoms with Crippen LogP contribution in [0, 0.1) is 27.9 Å². The first-order valence-corrected chi connectivity index (χ1v) is 7.77. The van der Waals surface area contributed by atoms with Crippen molar-refractivity contribution in [1.82, 2.24) is 0 Å². The summed E-state index contributed by atoms with van der Waals surface area (Å²) in [6.07, 6.45) is 3.23. The standard InChI is InChI=1S/C14H16BrN3O3/c15-10-6-9(18(20)21)3-4-11(10)17-14(19)12-7-1-2-8(5-7)13(12)16/h3-4,6-8,12-13H,1-2,5,16H2,(H,17,19). The Morgan fingerprint density at radius 2 is 2.10 bits per heavy atom. The molecule has 21 heavy (non-hydrogen) atoms. The molecule has 0 saturated heterocycles. The van der Waals surface area contributed by atoms with Crippen LogP contribution >= 0.6 is 15.9 Å². The molecule has 3 rings (SSSR count). The van der Waals surface area contributed by atoms with Crippen molar-refractivity contribution in [2.24, 2.45) is 23.5 Å². The number of benzene rings is 1. The number of anilines is 1. The van der Waals surface area contributed by atoms with Crippen LogP contribution in [-0.2, 0) is 4.79 Å². The normalized spacial score (nSPS) is 30.4. The maximum Gasteiger partial charge on any atom is 0.270 e. The summed E-state index contributed by atoms with van der Waals surface area (Å²) < 4.78 is 0.502. The molecule has 6 nitrogen and oxygen atoms in total. The molecule has 0 radical (unpaired) electrons. The van der Waals surface area contributed by atoms with Crippen molar-refractivity contribution in [2.45, 2.75) is 25.3 Å². The predicted molar refractivity (Wildman–Crippen MR) is 81.7 cm³/mol. The van der Waals surface area contributed by atoms with E-state index in [1.165, 1.54) is 12.1 Å². The number of nitrogens with two attached hydrogens (primary N) is 1. The number of nitro benzene ring substituents is 1. The van der Waals surface area contributed by atoms with Gasteiger partial charge in [-0.3, -0.25) is 14.9 Å². The largest absolute Gasteiger partial charge is 0.327 e. The van der Waals surface area contributed by atoms with E-state index in [0.717, 1.165) is 19.3 Å². The van der Waals surface area contributed by atoms with E-state index in [1.54, 1.807) is 6.07 Å². The lowest BCUT2D eigenvalue weighted by atomic mass is 9.84. The van der Waals surface area contributed by atoms with Crippen LogP contribution in [0.3, 0.4) is 0 Å². The summed E-state index contributed by atoms with van der Waals surface area (Å²) in [7, 11) is 0. The summed E-state index contributed by atoms with van der Waals surface area (Å²) in [5.74, 6) is 0.614. The van der Waals surface area contributed by atoms with E-state index in [9.17, 15) is 14.9 Å². The number of fused-ring (bicyclic) bond motifs is 2. The maximum absolute atomic E-state index is 12.4. The molecule has 2 bridgehead atoms. The zero-order valence-corrected chi connectivity index (χ0v) is 12.9. The van der Waals surface area contributed by atoms with Gasteiger partial charge in [-0.2, -0.15) is 0 Å². The highest BCUT2D eigenvalue weighted by Gasteiger charge is 2.49. The van der Waals surface area contributed by atoms with Crippen molar-refractivity contribution >= 4 is 33.2 Å². The van der Waals surface area contributed by atoms with Gasteiger partial charge in [-0.05, 0) is 53.1 Å². The molecule has 3 N–H and O–H groups in total. The first kappa shape index (κ1) is 14.5. The van der Waals surface area contributed by atoms with E-state index in [0.29, 0.717) is 22.0 Å². The molecule has 2 aliphatic rings. The molecule has 4 atom stereocenters. The van der Waals surface area contributed by atoms with Gasteiger partial charge in [0.05, 0.1) is 16.5 Å². The van der Waals surface area contributed by atoms with E-state index in [1.807, 2.05) is 0 Å². The SMILES string of the molecule is NC1C2CCC(C2)C1C(=O)Nc1ccc([N+](=O)[O-])cc1Br. The second kappa shape index (κ2) is 5.38. The third-order valence-corrected chi connectivity index (χ3v) is 5.36. The molecule has 0 aromatic heterocycles. The van der Waals surface area contributed by atoms with E-state index < -0.39 is 4.92 Å². The van der Waals surface area contributed by atoms with Crippen molar-refractivity contribution < 1.29 is 9.72 Å². The minimum absolute atomic E-state index is 0.0171. The number of hydrogen-bond acceptors (Lipinski definition) is 4. The fourth-order valence-electron chi connectivity index (χ4n) is 3.66. The third kappa shape index (κ3) is 2.55. The molecule has 1 amide bonds. The van der Waals surface area contributed by atoms with E-state index >= 15 is 0 Å². The van der Waals surface area contributed by atoms with Crippen LogP contribution in [0.5, 0.6) is 0 Å². The fourth-order valence-corrected chi connectivity index (χ4v) is 4.13. The number of carbonyl (C=O) groups excluding carboxylic acids is 1. The Bertz CT molecular complexity index is 605. The quantitative estimate of drug-likeness (QED) is 0.644. The topological polar surface area (TPSA) is 98.3 Å². The van der Waals surface area contributed by atoms with Crippen molar-refractivity contribution in [3.63, 3.8) is 0 Å². The van der Waals surface area contributed by atoms with E-state index in [2.05, 4.69) is 21.2 Å². The predicted octanol–water partition coefficient (Wildman–Crippen LogP) is 2.67. The van der Waals surface area contributed by atoms with Gasteiger partial charge in [-0.1, -0.05) is 0 Å². The van der Waals surface area contributed by atoms with Crippen LogP contribution < -0.4 is 11.1 Å².